The van der Waals surface area contributed by atoms with E-state index in [9.17, 15) is 17.6 Å². The van der Waals surface area contributed by atoms with Gasteiger partial charge in [-0.1, -0.05) is 12.1 Å². The minimum atomic E-state index is -4.52. The summed E-state index contributed by atoms with van der Waals surface area (Å²) < 4.78 is 52.3. The van der Waals surface area contributed by atoms with Crippen molar-refractivity contribution in [2.45, 2.75) is 11.1 Å². The monoisotopic (exact) mass is 369 g/mol. The van der Waals surface area contributed by atoms with Gasteiger partial charge in [0, 0.05) is 10.5 Å². The highest BCUT2D eigenvalue weighted by molar-refractivity contribution is 7.98. The lowest BCUT2D eigenvalue weighted by Crippen LogP contribution is -2.03. The Kier molecular flexibility index (Phi) is 4.64. The zero-order chi connectivity index (χ0) is 17.3. The van der Waals surface area contributed by atoms with Gasteiger partial charge in [-0.15, -0.1) is 23.1 Å². The third-order valence-electron chi connectivity index (χ3n) is 3.34. The van der Waals surface area contributed by atoms with Crippen molar-refractivity contribution in [3.8, 4) is 21.7 Å². The summed E-state index contributed by atoms with van der Waals surface area (Å²) in [6, 6.07) is 12.5. The Labute approximate surface area is 144 Å². The van der Waals surface area contributed by atoms with Crippen LogP contribution in [0.25, 0.3) is 21.7 Å². The first-order chi connectivity index (χ1) is 11.4. The summed E-state index contributed by atoms with van der Waals surface area (Å²) in [6.07, 6.45) is -2.59. The molecule has 0 unspecified atom stereocenters. The SMILES string of the molecule is CSc1ccc(-c2sc(C(F)(F)F)nc2-c2ccc(F)cc2)cc1. The van der Waals surface area contributed by atoms with Gasteiger partial charge in [0.25, 0.3) is 0 Å². The fraction of sp³-hybridized carbons (Fsp3) is 0.118. The number of alkyl halides is 3. The van der Waals surface area contributed by atoms with Crippen LogP contribution in [0.5, 0.6) is 0 Å². The first kappa shape index (κ1) is 17.0. The molecule has 7 heteroatoms. The van der Waals surface area contributed by atoms with Crippen molar-refractivity contribution in [3.63, 3.8) is 0 Å². The summed E-state index contributed by atoms with van der Waals surface area (Å²) in [5.74, 6) is -0.448. The second kappa shape index (κ2) is 6.57. The Bertz CT molecular complexity index is 837. The molecule has 3 aromatic rings. The predicted molar refractivity (Wildman–Crippen MR) is 89.7 cm³/mol. The molecule has 0 fully saturated rings. The molecule has 3 rings (SSSR count). The van der Waals surface area contributed by atoms with Gasteiger partial charge in [0.05, 0.1) is 10.6 Å². The fourth-order valence-corrected chi connectivity index (χ4v) is 3.55. The van der Waals surface area contributed by atoms with E-state index in [1.54, 1.807) is 23.9 Å². The lowest BCUT2D eigenvalue weighted by atomic mass is 10.1. The van der Waals surface area contributed by atoms with Gasteiger partial charge in [-0.3, -0.25) is 0 Å². The number of halogens is 4. The van der Waals surface area contributed by atoms with E-state index in [1.807, 2.05) is 18.4 Å². The number of thioether (sulfide) groups is 1. The van der Waals surface area contributed by atoms with E-state index in [4.69, 9.17) is 0 Å². The van der Waals surface area contributed by atoms with Crippen LogP contribution in [0.1, 0.15) is 5.01 Å². The molecule has 1 nitrogen and oxygen atoms in total. The molecule has 0 radical (unpaired) electrons. The van der Waals surface area contributed by atoms with Crippen molar-refractivity contribution in [3.05, 3.63) is 59.4 Å². The van der Waals surface area contributed by atoms with Crippen molar-refractivity contribution in [1.82, 2.24) is 4.98 Å². The third-order valence-corrected chi connectivity index (χ3v) is 5.23. The van der Waals surface area contributed by atoms with Gasteiger partial charge in [-0.25, -0.2) is 9.37 Å². The van der Waals surface area contributed by atoms with Crippen LogP contribution in [0.4, 0.5) is 17.6 Å². The number of aromatic nitrogens is 1. The summed E-state index contributed by atoms with van der Waals surface area (Å²) in [4.78, 5) is 5.20. The molecular weight excluding hydrogens is 358 g/mol. The maximum Gasteiger partial charge on any atom is 0.443 e. The molecule has 124 valence electrons. The Hall–Kier alpha value is -1.86. The Morgan fingerprint density at radius 2 is 1.50 bits per heavy atom. The standard InChI is InChI=1S/C17H11F4NS2/c1-23-13-8-4-11(5-9-13)15-14(10-2-6-12(18)7-3-10)22-16(24-15)17(19,20)21/h2-9H,1H3. The molecule has 0 spiro atoms. The topological polar surface area (TPSA) is 12.9 Å². The number of rotatable bonds is 3. The Balaban J connectivity index is 2.15. The summed E-state index contributed by atoms with van der Waals surface area (Å²) in [5.41, 5.74) is 1.32. The second-order valence-corrected chi connectivity index (χ2v) is 6.81. The molecule has 0 atom stereocenters. The summed E-state index contributed by atoms with van der Waals surface area (Å²) in [5, 5.41) is -0.911. The van der Waals surface area contributed by atoms with Gasteiger partial charge >= 0.3 is 6.18 Å². The van der Waals surface area contributed by atoms with Crippen LogP contribution in [-0.4, -0.2) is 11.2 Å². The minimum absolute atomic E-state index is 0.212. The van der Waals surface area contributed by atoms with Crippen molar-refractivity contribution in [2.24, 2.45) is 0 Å². The zero-order valence-corrected chi connectivity index (χ0v) is 14.0. The van der Waals surface area contributed by atoms with Gasteiger partial charge in [-0.2, -0.15) is 13.2 Å². The Morgan fingerprint density at radius 3 is 2.04 bits per heavy atom. The predicted octanol–water partition coefficient (Wildman–Crippen LogP) is 6.36. The van der Waals surface area contributed by atoms with Crippen molar-refractivity contribution < 1.29 is 17.6 Å². The number of hydrogen-bond donors (Lipinski definition) is 0. The van der Waals surface area contributed by atoms with Crippen LogP contribution < -0.4 is 0 Å². The van der Waals surface area contributed by atoms with E-state index in [1.165, 1.54) is 24.3 Å². The smallest absolute Gasteiger partial charge is 0.231 e. The summed E-state index contributed by atoms with van der Waals surface area (Å²) in [7, 11) is 0. The maximum absolute atomic E-state index is 13.1. The molecule has 0 amide bonds. The minimum Gasteiger partial charge on any atom is -0.231 e. The molecule has 1 heterocycles. The zero-order valence-electron chi connectivity index (χ0n) is 12.4. The number of hydrogen-bond acceptors (Lipinski definition) is 3. The lowest BCUT2D eigenvalue weighted by Gasteiger charge is -2.04. The summed E-state index contributed by atoms with van der Waals surface area (Å²) >= 11 is 2.15. The largest absolute Gasteiger partial charge is 0.443 e. The molecule has 0 bridgehead atoms. The number of benzene rings is 2. The van der Waals surface area contributed by atoms with Crippen molar-refractivity contribution in [2.75, 3.05) is 6.26 Å². The van der Waals surface area contributed by atoms with Crippen LogP contribution >= 0.6 is 23.1 Å². The average molecular weight is 369 g/mol. The number of nitrogens with zero attached hydrogens (tertiary/aromatic N) is 1. The molecule has 0 aliphatic rings. The highest BCUT2D eigenvalue weighted by atomic mass is 32.2. The fourth-order valence-electron chi connectivity index (χ4n) is 2.18. The van der Waals surface area contributed by atoms with Crippen LogP contribution in [0.3, 0.4) is 0 Å². The van der Waals surface area contributed by atoms with Gasteiger partial charge in [-0.05, 0) is 48.2 Å². The van der Waals surface area contributed by atoms with E-state index < -0.39 is 17.0 Å². The quantitative estimate of drug-likeness (QED) is 0.394. The molecule has 0 N–H and O–H groups in total. The molecule has 0 saturated heterocycles. The molecule has 0 aliphatic heterocycles. The van der Waals surface area contributed by atoms with E-state index in [2.05, 4.69) is 4.98 Å². The van der Waals surface area contributed by atoms with Crippen LogP contribution in [0.15, 0.2) is 53.4 Å². The third kappa shape index (κ3) is 3.47. The van der Waals surface area contributed by atoms with Crippen LogP contribution in [-0.2, 0) is 6.18 Å². The van der Waals surface area contributed by atoms with E-state index in [-0.39, 0.29) is 5.69 Å². The van der Waals surface area contributed by atoms with Crippen LogP contribution in [0, 0.1) is 5.82 Å². The molecule has 24 heavy (non-hydrogen) atoms. The highest BCUT2D eigenvalue weighted by Crippen LogP contribution is 2.42. The first-order valence-electron chi connectivity index (χ1n) is 6.87. The summed E-state index contributed by atoms with van der Waals surface area (Å²) in [6.45, 7) is 0. The van der Waals surface area contributed by atoms with E-state index in [0.717, 1.165) is 4.90 Å². The highest BCUT2D eigenvalue weighted by Gasteiger charge is 2.36. The molecule has 0 saturated carbocycles. The van der Waals surface area contributed by atoms with Crippen LogP contribution in [0.2, 0.25) is 0 Å². The van der Waals surface area contributed by atoms with Crippen molar-refractivity contribution in [1.29, 1.82) is 0 Å². The molecular formula is C17H11F4NS2. The van der Waals surface area contributed by atoms with Gasteiger partial charge < -0.3 is 0 Å². The molecule has 2 aromatic carbocycles. The molecule has 1 aromatic heterocycles. The Morgan fingerprint density at radius 1 is 0.917 bits per heavy atom. The van der Waals surface area contributed by atoms with Gasteiger partial charge in [0.2, 0.25) is 0 Å². The second-order valence-electron chi connectivity index (χ2n) is 4.93. The normalized spacial score (nSPS) is 11.7. The van der Waals surface area contributed by atoms with E-state index >= 15 is 0 Å². The average Bonchev–Trinajstić information content (AvgIpc) is 3.01. The van der Waals surface area contributed by atoms with Crippen molar-refractivity contribution >= 4 is 23.1 Å². The first-order valence-corrected chi connectivity index (χ1v) is 8.91. The maximum atomic E-state index is 13.1. The number of thiazole rings is 1. The molecule has 0 aliphatic carbocycles. The van der Waals surface area contributed by atoms with E-state index in [0.29, 0.717) is 27.3 Å². The van der Waals surface area contributed by atoms with Gasteiger partial charge in [0.1, 0.15) is 5.82 Å². The lowest BCUT2D eigenvalue weighted by molar-refractivity contribution is -0.137. The van der Waals surface area contributed by atoms with Gasteiger partial charge in [0.15, 0.2) is 5.01 Å².